The molecule has 3 nitrogen and oxygen atoms in total. The number of carbonyl (C=O) groups excluding carboxylic acids is 1. The highest BCUT2D eigenvalue weighted by Crippen LogP contribution is 2.31. The molecule has 2 atom stereocenters. The van der Waals surface area contributed by atoms with E-state index in [9.17, 15) is 4.79 Å². The molecule has 0 saturated carbocycles. The summed E-state index contributed by atoms with van der Waals surface area (Å²) in [6.45, 7) is 2.87. The standard InChI is InChI=1S/C13H17NO2/c1-2-6-11-9-14-13(15)16-12(11)10-7-4-3-5-8-10/h3-5,7-8,11-12H,2,6,9H2,1H3,(H,14,15)/t11-,12+/m1/s1. The van der Waals surface area contributed by atoms with Crippen LogP contribution in [-0.4, -0.2) is 12.6 Å². The van der Waals surface area contributed by atoms with Gasteiger partial charge in [-0.3, -0.25) is 0 Å². The predicted octanol–water partition coefficient (Wildman–Crippen LogP) is 2.88. The molecule has 86 valence electrons. The SMILES string of the molecule is CCC[C@@H]1CNC(=O)O[C@H]1c1ccccc1. The Morgan fingerprint density at radius 1 is 1.38 bits per heavy atom. The van der Waals surface area contributed by atoms with Gasteiger partial charge >= 0.3 is 6.09 Å². The van der Waals surface area contributed by atoms with Crippen molar-refractivity contribution in [3.8, 4) is 0 Å². The molecule has 1 fully saturated rings. The van der Waals surface area contributed by atoms with Gasteiger partial charge in [0.15, 0.2) is 0 Å². The molecule has 1 heterocycles. The number of ether oxygens (including phenoxy) is 1. The minimum atomic E-state index is -0.304. The van der Waals surface area contributed by atoms with Crippen LogP contribution in [0, 0.1) is 5.92 Å². The van der Waals surface area contributed by atoms with E-state index in [2.05, 4.69) is 12.2 Å². The van der Waals surface area contributed by atoms with Crippen molar-refractivity contribution in [2.24, 2.45) is 5.92 Å². The Morgan fingerprint density at radius 2 is 2.12 bits per heavy atom. The van der Waals surface area contributed by atoms with E-state index in [1.807, 2.05) is 30.3 Å². The van der Waals surface area contributed by atoms with Crippen molar-refractivity contribution in [2.45, 2.75) is 25.9 Å². The van der Waals surface area contributed by atoms with Crippen molar-refractivity contribution in [2.75, 3.05) is 6.54 Å². The van der Waals surface area contributed by atoms with Gasteiger partial charge in [0.2, 0.25) is 0 Å². The normalized spacial score (nSPS) is 24.7. The average molecular weight is 219 g/mol. The van der Waals surface area contributed by atoms with Crippen molar-refractivity contribution in [3.63, 3.8) is 0 Å². The molecule has 0 radical (unpaired) electrons. The number of alkyl carbamates (subject to hydrolysis) is 1. The van der Waals surface area contributed by atoms with Crippen LogP contribution in [0.15, 0.2) is 30.3 Å². The topological polar surface area (TPSA) is 38.3 Å². The largest absolute Gasteiger partial charge is 0.441 e. The summed E-state index contributed by atoms with van der Waals surface area (Å²) in [5.74, 6) is 0.380. The molecule has 2 rings (SSSR count). The predicted molar refractivity (Wildman–Crippen MR) is 62.1 cm³/mol. The van der Waals surface area contributed by atoms with E-state index < -0.39 is 0 Å². The smallest absolute Gasteiger partial charge is 0.407 e. The lowest BCUT2D eigenvalue weighted by atomic mass is 9.91. The van der Waals surface area contributed by atoms with Gasteiger partial charge in [-0.1, -0.05) is 43.7 Å². The number of hydrogen-bond acceptors (Lipinski definition) is 2. The van der Waals surface area contributed by atoms with Crippen molar-refractivity contribution in [1.29, 1.82) is 0 Å². The van der Waals surface area contributed by atoms with Crippen LogP contribution >= 0.6 is 0 Å². The second kappa shape index (κ2) is 5.01. The van der Waals surface area contributed by atoms with Crippen molar-refractivity contribution in [3.05, 3.63) is 35.9 Å². The first-order chi connectivity index (χ1) is 7.81. The van der Waals surface area contributed by atoms with Crippen molar-refractivity contribution >= 4 is 6.09 Å². The second-order valence-corrected chi connectivity index (χ2v) is 4.17. The van der Waals surface area contributed by atoms with E-state index in [4.69, 9.17) is 4.74 Å². The molecule has 16 heavy (non-hydrogen) atoms. The molecular weight excluding hydrogens is 202 g/mol. The third-order valence-corrected chi connectivity index (χ3v) is 2.96. The Morgan fingerprint density at radius 3 is 2.81 bits per heavy atom. The van der Waals surface area contributed by atoms with E-state index in [-0.39, 0.29) is 12.2 Å². The first-order valence-electron chi connectivity index (χ1n) is 5.80. The molecule has 1 aromatic rings. The average Bonchev–Trinajstić information content (AvgIpc) is 2.33. The number of carbonyl (C=O) groups is 1. The second-order valence-electron chi connectivity index (χ2n) is 4.17. The van der Waals surface area contributed by atoms with Crippen LogP contribution < -0.4 is 5.32 Å². The van der Waals surface area contributed by atoms with Gasteiger partial charge in [0.1, 0.15) is 6.10 Å². The van der Waals surface area contributed by atoms with Crippen LogP contribution in [0.2, 0.25) is 0 Å². The van der Waals surface area contributed by atoms with Gasteiger partial charge in [0.05, 0.1) is 0 Å². The third kappa shape index (κ3) is 2.35. The lowest BCUT2D eigenvalue weighted by Gasteiger charge is -2.31. The van der Waals surface area contributed by atoms with E-state index in [1.54, 1.807) is 0 Å². The van der Waals surface area contributed by atoms with E-state index in [1.165, 1.54) is 0 Å². The molecular formula is C13H17NO2. The van der Waals surface area contributed by atoms with Gasteiger partial charge in [0, 0.05) is 12.5 Å². The molecule has 0 unspecified atom stereocenters. The first-order valence-corrected chi connectivity index (χ1v) is 5.80. The minimum absolute atomic E-state index is 0.0881. The number of benzene rings is 1. The van der Waals surface area contributed by atoms with Crippen LogP contribution in [0.3, 0.4) is 0 Å². The molecule has 3 heteroatoms. The number of cyclic esters (lactones) is 1. The molecule has 1 aliphatic heterocycles. The van der Waals surface area contributed by atoms with Crippen LogP contribution in [0.1, 0.15) is 31.4 Å². The lowest BCUT2D eigenvalue weighted by molar-refractivity contribution is 0.0327. The summed E-state index contributed by atoms with van der Waals surface area (Å²) < 4.78 is 5.39. The zero-order valence-electron chi connectivity index (χ0n) is 9.48. The van der Waals surface area contributed by atoms with Gasteiger partial charge in [-0.2, -0.15) is 0 Å². The van der Waals surface area contributed by atoms with Gasteiger partial charge in [-0.15, -0.1) is 0 Å². The zero-order valence-corrected chi connectivity index (χ0v) is 9.48. The van der Waals surface area contributed by atoms with Gasteiger partial charge < -0.3 is 10.1 Å². The summed E-state index contributed by atoms with van der Waals surface area (Å²) in [5.41, 5.74) is 1.09. The fourth-order valence-electron chi connectivity index (χ4n) is 2.18. The maximum atomic E-state index is 11.3. The summed E-state index contributed by atoms with van der Waals surface area (Å²) in [4.78, 5) is 11.3. The number of rotatable bonds is 3. The van der Waals surface area contributed by atoms with Crippen LogP contribution in [0.4, 0.5) is 4.79 Å². The van der Waals surface area contributed by atoms with Crippen molar-refractivity contribution in [1.82, 2.24) is 5.32 Å². The Kier molecular flexibility index (Phi) is 3.44. The molecule has 0 spiro atoms. The van der Waals surface area contributed by atoms with Gasteiger partial charge in [-0.05, 0) is 12.0 Å². The van der Waals surface area contributed by atoms with Gasteiger partial charge in [0.25, 0.3) is 0 Å². The third-order valence-electron chi connectivity index (χ3n) is 2.96. The summed E-state index contributed by atoms with van der Waals surface area (Å²) in [6.07, 6.45) is 1.78. The van der Waals surface area contributed by atoms with Crippen LogP contribution in [-0.2, 0) is 4.74 Å². The monoisotopic (exact) mass is 219 g/mol. The molecule has 0 bridgehead atoms. The maximum Gasteiger partial charge on any atom is 0.407 e. The van der Waals surface area contributed by atoms with Crippen LogP contribution in [0.5, 0.6) is 0 Å². The first kappa shape index (κ1) is 11.0. The Hall–Kier alpha value is -1.51. The lowest BCUT2D eigenvalue weighted by Crippen LogP contribution is -2.40. The van der Waals surface area contributed by atoms with Crippen LogP contribution in [0.25, 0.3) is 0 Å². The number of amides is 1. The Labute approximate surface area is 95.8 Å². The highest BCUT2D eigenvalue weighted by atomic mass is 16.6. The summed E-state index contributed by atoms with van der Waals surface area (Å²) in [5, 5.41) is 2.76. The zero-order chi connectivity index (χ0) is 11.4. The van der Waals surface area contributed by atoms with E-state index >= 15 is 0 Å². The molecule has 1 amide bonds. The van der Waals surface area contributed by atoms with Crippen molar-refractivity contribution < 1.29 is 9.53 Å². The molecule has 1 aliphatic rings. The van der Waals surface area contributed by atoms with E-state index in [0.29, 0.717) is 12.5 Å². The number of nitrogens with one attached hydrogen (secondary N) is 1. The quantitative estimate of drug-likeness (QED) is 0.848. The molecule has 1 aromatic carbocycles. The molecule has 0 aromatic heterocycles. The molecule has 1 N–H and O–H groups in total. The summed E-state index contributed by atoms with van der Waals surface area (Å²) >= 11 is 0. The maximum absolute atomic E-state index is 11.3. The number of hydrogen-bond donors (Lipinski definition) is 1. The van der Waals surface area contributed by atoms with E-state index in [0.717, 1.165) is 18.4 Å². The van der Waals surface area contributed by atoms with Gasteiger partial charge in [-0.25, -0.2) is 4.79 Å². The molecule has 0 aliphatic carbocycles. The minimum Gasteiger partial charge on any atom is -0.441 e. The summed E-state index contributed by atoms with van der Waals surface area (Å²) in [6, 6.07) is 9.97. The highest BCUT2D eigenvalue weighted by Gasteiger charge is 2.30. The Bertz CT molecular complexity index is 350. The fraction of sp³-hybridized carbons (Fsp3) is 0.462. The Balaban J connectivity index is 2.17. The highest BCUT2D eigenvalue weighted by molar-refractivity contribution is 5.68. The molecule has 1 saturated heterocycles. The summed E-state index contributed by atoms with van der Waals surface area (Å²) in [7, 11) is 0. The fourth-order valence-corrected chi connectivity index (χ4v) is 2.18.